The zero-order chi connectivity index (χ0) is 12.9. The van der Waals surface area contributed by atoms with Gasteiger partial charge in [0.25, 0.3) is 0 Å². The van der Waals surface area contributed by atoms with E-state index in [4.69, 9.17) is 10.5 Å². The fourth-order valence-corrected chi connectivity index (χ4v) is 1.44. The molecular formula is C14H22FNO. The van der Waals surface area contributed by atoms with Crippen molar-refractivity contribution in [2.45, 2.75) is 40.3 Å². The summed E-state index contributed by atoms with van der Waals surface area (Å²) in [5.41, 5.74) is 7.25. The average molecular weight is 239 g/mol. The van der Waals surface area contributed by atoms with Gasteiger partial charge in [-0.2, -0.15) is 0 Å². The van der Waals surface area contributed by atoms with Crippen molar-refractivity contribution in [3.05, 3.63) is 35.1 Å². The van der Waals surface area contributed by atoms with Crippen molar-refractivity contribution in [1.29, 1.82) is 0 Å². The molecule has 2 nitrogen and oxygen atoms in total. The van der Waals surface area contributed by atoms with E-state index in [2.05, 4.69) is 20.8 Å². The molecule has 0 aliphatic carbocycles. The van der Waals surface area contributed by atoms with Crippen LogP contribution in [-0.4, -0.2) is 6.61 Å². The molecule has 0 amide bonds. The molecule has 17 heavy (non-hydrogen) atoms. The third kappa shape index (κ3) is 5.29. The Morgan fingerprint density at radius 2 is 2.00 bits per heavy atom. The fourth-order valence-electron chi connectivity index (χ4n) is 1.44. The third-order valence-electron chi connectivity index (χ3n) is 2.60. The Balaban J connectivity index is 2.42. The smallest absolute Gasteiger partial charge is 0.127 e. The molecule has 1 rings (SSSR count). The molecule has 1 aromatic carbocycles. The second-order valence-electron chi connectivity index (χ2n) is 5.49. The Labute approximate surface area is 103 Å². The molecule has 0 radical (unpaired) electrons. The first-order valence-corrected chi connectivity index (χ1v) is 5.97. The predicted molar refractivity (Wildman–Crippen MR) is 68.0 cm³/mol. The summed E-state index contributed by atoms with van der Waals surface area (Å²) in [7, 11) is 0. The zero-order valence-electron chi connectivity index (χ0n) is 10.9. The van der Waals surface area contributed by atoms with Crippen molar-refractivity contribution >= 4 is 0 Å². The lowest BCUT2D eigenvalue weighted by atomic mass is 9.93. The lowest BCUT2D eigenvalue weighted by Gasteiger charge is -2.17. The average Bonchev–Trinajstić information content (AvgIpc) is 2.25. The number of hydrogen-bond donors (Lipinski definition) is 1. The van der Waals surface area contributed by atoms with Crippen molar-refractivity contribution in [3.63, 3.8) is 0 Å². The zero-order valence-corrected chi connectivity index (χ0v) is 10.9. The van der Waals surface area contributed by atoms with Crippen LogP contribution in [0.1, 0.15) is 38.3 Å². The molecule has 0 spiro atoms. The van der Waals surface area contributed by atoms with Crippen LogP contribution in [0, 0.1) is 11.2 Å². The van der Waals surface area contributed by atoms with Crippen LogP contribution in [-0.2, 0) is 17.9 Å². The molecule has 0 unspecified atom stereocenters. The highest BCUT2D eigenvalue weighted by atomic mass is 19.1. The van der Waals surface area contributed by atoms with Crippen LogP contribution >= 0.6 is 0 Å². The molecule has 0 aromatic heterocycles. The van der Waals surface area contributed by atoms with Crippen molar-refractivity contribution in [2.75, 3.05) is 6.61 Å². The van der Waals surface area contributed by atoms with E-state index in [1.165, 1.54) is 6.07 Å². The number of halogens is 1. The summed E-state index contributed by atoms with van der Waals surface area (Å²) < 4.78 is 18.8. The van der Waals surface area contributed by atoms with Crippen LogP contribution in [0.5, 0.6) is 0 Å². The van der Waals surface area contributed by atoms with E-state index in [-0.39, 0.29) is 17.8 Å². The molecule has 0 atom stereocenters. The molecule has 96 valence electrons. The number of nitrogens with two attached hydrogens (primary N) is 1. The van der Waals surface area contributed by atoms with Crippen LogP contribution in [0.3, 0.4) is 0 Å². The van der Waals surface area contributed by atoms with E-state index in [0.29, 0.717) is 12.2 Å². The van der Waals surface area contributed by atoms with Gasteiger partial charge in [0.15, 0.2) is 0 Å². The summed E-state index contributed by atoms with van der Waals surface area (Å²) in [5.74, 6) is -0.244. The normalized spacial score (nSPS) is 11.8. The monoisotopic (exact) mass is 239 g/mol. The Morgan fingerprint density at radius 3 is 2.59 bits per heavy atom. The summed E-state index contributed by atoms with van der Waals surface area (Å²) in [6, 6.07) is 4.96. The van der Waals surface area contributed by atoms with E-state index in [0.717, 1.165) is 18.6 Å². The van der Waals surface area contributed by atoms with Crippen LogP contribution in [0.15, 0.2) is 18.2 Å². The quantitative estimate of drug-likeness (QED) is 0.801. The van der Waals surface area contributed by atoms with Crippen molar-refractivity contribution in [1.82, 2.24) is 0 Å². The van der Waals surface area contributed by atoms with E-state index >= 15 is 0 Å². The standard InChI is InChI=1S/C14H22FNO/c1-14(2,3)6-7-17-10-11-4-5-13(15)12(8-11)9-16/h4-5,8H,6-7,9-10,16H2,1-3H3. The second-order valence-corrected chi connectivity index (χ2v) is 5.49. The first-order valence-electron chi connectivity index (χ1n) is 5.97. The van der Waals surface area contributed by atoms with Crippen LogP contribution in [0.25, 0.3) is 0 Å². The maximum absolute atomic E-state index is 13.2. The summed E-state index contributed by atoms with van der Waals surface area (Å²) in [5, 5.41) is 0. The minimum Gasteiger partial charge on any atom is -0.377 e. The molecule has 2 N–H and O–H groups in total. The summed E-state index contributed by atoms with van der Waals surface area (Å²) >= 11 is 0. The maximum atomic E-state index is 13.2. The van der Waals surface area contributed by atoms with E-state index in [1.807, 2.05) is 0 Å². The van der Waals surface area contributed by atoms with Crippen molar-refractivity contribution in [2.24, 2.45) is 11.1 Å². The molecule has 3 heteroatoms. The largest absolute Gasteiger partial charge is 0.377 e. The summed E-state index contributed by atoms with van der Waals surface area (Å²) in [4.78, 5) is 0. The van der Waals surface area contributed by atoms with Gasteiger partial charge in [0.2, 0.25) is 0 Å². The Hall–Kier alpha value is -0.930. The first-order chi connectivity index (χ1) is 7.92. The van der Waals surface area contributed by atoms with Gasteiger partial charge in [-0.05, 0) is 29.5 Å². The topological polar surface area (TPSA) is 35.2 Å². The molecular weight excluding hydrogens is 217 g/mol. The Kier molecular flexibility index (Phi) is 5.09. The number of benzene rings is 1. The molecule has 0 saturated heterocycles. The van der Waals surface area contributed by atoms with Crippen LogP contribution < -0.4 is 5.73 Å². The lowest BCUT2D eigenvalue weighted by Crippen LogP contribution is -2.09. The van der Waals surface area contributed by atoms with Crippen molar-refractivity contribution < 1.29 is 9.13 Å². The summed E-state index contributed by atoms with van der Waals surface area (Å²) in [6.45, 7) is 8.01. The molecule has 0 bridgehead atoms. The van der Waals surface area contributed by atoms with Gasteiger partial charge in [-0.1, -0.05) is 26.8 Å². The van der Waals surface area contributed by atoms with Crippen LogP contribution in [0.4, 0.5) is 4.39 Å². The minimum absolute atomic E-state index is 0.224. The minimum atomic E-state index is -0.244. The fraction of sp³-hybridized carbons (Fsp3) is 0.571. The van der Waals surface area contributed by atoms with Gasteiger partial charge in [-0.3, -0.25) is 0 Å². The van der Waals surface area contributed by atoms with Gasteiger partial charge in [-0.15, -0.1) is 0 Å². The van der Waals surface area contributed by atoms with Crippen LogP contribution in [0.2, 0.25) is 0 Å². The highest BCUT2D eigenvalue weighted by Gasteiger charge is 2.09. The lowest BCUT2D eigenvalue weighted by molar-refractivity contribution is 0.0961. The first kappa shape index (κ1) is 14.1. The Bertz CT molecular complexity index is 358. The second kappa shape index (κ2) is 6.12. The maximum Gasteiger partial charge on any atom is 0.127 e. The SMILES string of the molecule is CC(C)(C)CCOCc1ccc(F)c(CN)c1. The molecule has 0 fully saturated rings. The predicted octanol–water partition coefficient (Wildman–Crippen LogP) is 3.24. The van der Waals surface area contributed by atoms with Gasteiger partial charge in [0, 0.05) is 18.7 Å². The van der Waals surface area contributed by atoms with E-state index in [1.54, 1.807) is 12.1 Å². The molecule has 0 aliphatic heterocycles. The summed E-state index contributed by atoms with van der Waals surface area (Å²) in [6.07, 6.45) is 1.01. The highest BCUT2D eigenvalue weighted by Crippen LogP contribution is 2.18. The number of hydrogen-bond acceptors (Lipinski definition) is 2. The third-order valence-corrected chi connectivity index (χ3v) is 2.60. The number of rotatable bonds is 5. The van der Waals surface area contributed by atoms with E-state index in [9.17, 15) is 4.39 Å². The molecule has 0 heterocycles. The Morgan fingerprint density at radius 1 is 1.29 bits per heavy atom. The highest BCUT2D eigenvalue weighted by molar-refractivity contribution is 5.24. The van der Waals surface area contributed by atoms with Gasteiger partial charge in [0.1, 0.15) is 5.82 Å². The molecule has 0 saturated carbocycles. The van der Waals surface area contributed by atoms with Gasteiger partial charge < -0.3 is 10.5 Å². The van der Waals surface area contributed by atoms with Crippen molar-refractivity contribution in [3.8, 4) is 0 Å². The van der Waals surface area contributed by atoms with E-state index < -0.39 is 0 Å². The van der Waals surface area contributed by atoms with Gasteiger partial charge in [0.05, 0.1) is 6.61 Å². The molecule has 0 aliphatic rings. The number of ether oxygens (including phenoxy) is 1. The van der Waals surface area contributed by atoms with Gasteiger partial charge in [-0.25, -0.2) is 4.39 Å². The van der Waals surface area contributed by atoms with Gasteiger partial charge >= 0.3 is 0 Å². The molecule has 1 aromatic rings.